The Morgan fingerprint density at radius 2 is 1.67 bits per heavy atom. The van der Waals surface area contributed by atoms with Gasteiger partial charge in [-0.2, -0.15) is 4.98 Å². The Morgan fingerprint density at radius 1 is 0.852 bits per heavy atom. The summed E-state index contributed by atoms with van der Waals surface area (Å²) in [6.07, 6.45) is 0. The van der Waals surface area contributed by atoms with E-state index in [9.17, 15) is 0 Å². The zero-order chi connectivity index (χ0) is 18.8. The third kappa shape index (κ3) is 3.27. The summed E-state index contributed by atoms with van der Waals surface area (Å²) in [5, 5.41) is 8.11. The number of aryl methyl sites for hydroxylation is 1. The quantitative estimate of drug-likeness (QED) is 0.520. The van der Waals surface area contributed by atoms with Gasteiger partial charge in [0.2, 0.25) is 11.6 Å². The first kappa shape index (κ1) is 16.8. The smallest absolute Gasteiger partial charge is 0.296 e. The minimum atomic E-state index is 0.244. The average molecular weight is 363 g/mol. The van der Waals surface area contributed by atoms with Gasteiger partial charge in [0.25, 0.3) is 5.89 Å². The molecule has 27 heavy (non-hydrogen) atoms. The number of hydrogen-bond donors (Lipinski definition) is 0. The van der Waals surface area contributed by atoms with Crippen molar-refractivity contribution < 1.29 is 18.5 Å². The van der Waals surface area contributed by atoms with Crippen LogP contribution in [0.3, 0.4) is 0 Å². The predicted octanol–water partition coefficient (Wildman–Crippen LogP) is 4.38. The van der Waals surface area contributed by atoms with Gasteiger partial charge < -0.3 is 18.5 Å². The zero-order valence-electron chi connectivity index (χ0n) is 15.1. The second kappa shape index (κ2) is 6.95. The van der Waals surface area contributed by atoms with E-state index in [0.29, 0.717) is 34.3 Å². The molecule has 0 unspecified atom stereocenters. The van der Waals surface area contributed by atoms with Crippen molar-refractivity contribution in [2.45, 2.75) is 6.92 Å². The van der Waals surface area contributed by atoms with Gasteiger partial charge in [0, 0.05) is 17.7 Å². The van der Waals surface area contributed by atoms with Crippen LogP contribution >= 0.6 is 0 Å². The highest BCUT2D eigenvalue weighted by atomic mass is 16.5. The van der Waals surface area contributed by atoms with Gasteiger partial charge in [0.1, 0.15) is 17.2 Å². The fraction of sp³-hybridized carbons (Fsp3) is 0.150. The highest BCUT2D eigenvalue weighted by Crippen LogP contribution is 2.33. The van der Waals surface area contributed by atoms with Gasteiger partial charge in [-0.05, 0) is 19.1 Å². The molecule has 0 spiro atoms. The summed E-state index contributed by atoms with van der Waals surface area (Å²) >= 11 is 0. The highest BCUT2D eigenvalue weighted by Gasteiger charge is 2.18. The van der Waals surface area contributed by atoms with E-state index in [1.165, 1.54) is 5.56 Å². The van der Waals surface area contributed by atoms with E-state index in [1.54, 1.807) is 32.4 Å². The zero-order valence-corrected chi connectivity index (χ0v) is 15.1. The monoisotopic (exact) mass is 363 g/mol. The van der Waals surface area contributed by atoms with Crippen LogP contribution < -0.4 is 9.47 Å². The summed E-state index contributed by atoms with van der Waals surface area (Å²) in [4.78, 5) is 4.40. The van der Waals surface area contributed by atoms with Crippen LogP contribution in [-0.4, -0.2) is 29.5 Å². The molecule has 0 fully saturated rings. The molecule has 0 saturated heterocycles. The van der Waals surface area contributed by atoms with Crippen molar-refractivity contribution in [1.29, 1.82) is 0 Å². The number of aromatic nitrogens is 3. The number of ether oxygens (including phenoxy) is 2. The van der Waals surface area contributed by atoms with Crippen molar-refractivity contribution in [3.8, 4) is 45.8 Å². The van der Waals surface area contributed by atoms with Crippen molar-refractivity contribution >= 4 is 0 Å². The van der Waals surface area contributed by atoms with Gasteiger partial charge in [-0.1, -0.05) is 40.1 Å². The third-order valence-corrected chi connectivity index (χ3v) is 4.14. The Bertz CT molecular complexity index is 1070. The first-order valence-electron chi connectivity index (χ1n) is 8.28. The molecule has 0 aliphatic rings. The van der Waals surface area contributed by atoms with Crippen LogP contribution in [0.4, 0.5) is 0 Å². The lowest BCUT2D eigenvalue weighted by Crippen LogP contribution is -1.91. The molecule has 2 heterocycles. The van der Waals surface area contributed by atoms with Crippen LogP contribution in [0, 0.1) is 6.92 Å². The van der Waals surface area contributed by atoms with Crippen molar-refractivity contribution in [2.24, 2.45) is 0 Å². The molecular weight excluding hydrogens is 346 g/mol. The first-order valence-corrected chi connectivity index (χ1v) is 8.28. The number of benzene rings is 2. The lowest BCUT2D eigenvalue weighted by atomic mass is 10.1. The van der Waals surface area contributed by atoms with Crippen LogP contribution in [-0.2, 0) is 0 Å². The molecule has 7 heteroatoms. The lowest BCUT2D eigenvalue weighted by molar-refractivity contribution is 0.385. The van der Waals surface area contributed by atoms with Gasteiger partial charge in [-0.15, -0.1) is 0 Å². The van der Waals surface area contributed by atoms with Crippen LogP contribution in [0.25, 0.3) is 34.3 Å². The largest absolute Gasteiger partial charge is 0.497 e. The highest BCUT2D eigenvalue weighted by molar-refractivity contribution is 5.68. The second-order valence-corrected chi connectivity index (χ2v) is 5.93. The summed E-state index contributed by atoms with van der Waals surface area (Å²) in [6.45, 7) is 2.03. The van der Waals surface area contributed by atoms with Crippen LogP contribution in [0.1, 0.15) is 5.56 Å². The van der Waals surface area contributed by atoms with Crippen molar-refractivity contribution in [1.82, 2.24) is 15.3 Å². The van der Waals surface area contributed by atoms with Gasteiger partial charge in [0.05, 0.1) is 19.8 Å². The minimum absolute atomic E-state index is 0.244. The maximum absolute atomic E-state index is 5.39. The Labute approximate surface area is 155 Å². The van der Waals surface area contributed by atoms with Crippen LogP contribution in [0.2, 0.25) is 0 Å². The lowest BCUT2D eigenvalue weighted by Gasteiger charge is -2.07. The molecular formula is C20H17N3O4. The van der Waals surface area contributed by atoms with Gasteiger partial charge in [0.15, 0.2) is 0 Å². The van der Waals surface area contributed by atoms with E-state index < -0.39 is 0 Å². The summed E-state index contributed by atoms with van der Waals surface area (Å²) in [6, 6.07) is 15.1. The van der Waals surface area contributed by atoms with E-state index in [4.69, 9.17) is 18.5 Å². The average Bonchev–Trinajstić information content (AvgIpc) is 3.37. The maximum Gasteiger partial charge on any atom is 0.296 e. The van der Waals surface area contributed by atoms with E-state index in [0.717, 1.165) is 5.56 Å². The molecule has 7 nitrogen and oxygen atoms in total. The molecule has 2 aromatic heterocycles. The fourth-order valence-corrected chi connectivity index (χ4v) is 2.65. The van der Waals surface area contributed by atoms with Gasteiger partial charge >= 0.3 is 0 Å². The van der Waals surface area contributed by atoms with E-state index in [1.807, 2.05) is 37.3 Å². The summed E-state index contributed by atoms with van der Waals surface area (Å²) in [5.74, 6) is 2.29. The Morgan fingerprint density at radius 3 is 2.41 bits per heavy atom. The molecule has 0 saturated carbocycles. The SMILES string of the molecule is COc1ccc(-c2noc(-c3cc(-c4ccc(C)cc4)no3)n2)c(OC)c1. The molecule has 0 aliphatic carbocycles. The van der Waals surface area contributed by atoms with Crippen molar-refractivity contribution in [3.05, 3.63) is 54.1 Å². The Kier molecular flexibility index (Phi) is 4.33. The van der Waals surface area contributed by atoms with Gasteiger partial charge in [-0.3, -0.25) is 0 Å². The topological polar surface area (TPSA) is 83.4 Å². The summed E-state index contributed by atoms with van der Waals surface area (Å²) in [5.41, 5.74) is 3.52. The number of hydrogen-bond acceptors (Lipinski definition) is 7. The Balaban J connectivity index is 1.65. The molecule has 136 valence electrons. The van der Waals surface area contributed by atoms with Crippen LogP contribution in [0.15, 0.2) is 57.6 Å². The van der Waals surface area contributed by atoms with Crippen LogP contribution in [0.5, 0.6) is 11.5 Å². The fourth-order valence-electron chi connectivity index (χ4n) is 2.65. The van der Waals surface area contributed by atoms with Crippen molar-refractivity contribution in [3.63, 3.8) is 0 Å². The number of nitrogens with zero attached hydrogens (tertiary/aromatic N) is 3. The molecule has 2 aromatic carbocycles. The van der Waals surface area contributed by atoms with E-state index in [2.05, 4.69) is 15.3 Å². The standard InChI is InChI=1S/C20H17N3O4/c1-12-4-6-13(7-5-12)16-11-18(26-22-16)20-21-19(23-27-20)15-9-8-14(24-2)10-17(15)25-3/h4-11H,1-3H3. The summed E-state index contributed by atoms with van der Waals surface area (Å²) in [7, 11) is 3.17. The molecule has 0 bridgehead atoms. The molecule has 0 radical (unpaired) electrons. The molecule has 0 aliphatic heterocycles. The minimum Gasteiger partial charge on any atom is -0.497 e. The second-order valence-electron chi connectivity index (χ2n) is 5.93. The summed E-state index contributed by atoms with van der Waals surface area (Å²) < 4.78 is 21.3. The third-order valence-electron chi connectivity index (χ3n) is 4.14. The van der Waals surface area contributed by atoms with E-state index in [-0.39, 0.29) is 5.89 Å². The normalized spacial score (nSPS) is 10.8. The number of methoxy groups -OCH3 is 2. The molecule has 4 rings (SSSR count). The molecule has 0 N–H and O–H groups in total. The predicted molar refractivity (Wildman–Crippen MR) is 98.5 cm³/mol. The van der Waals surface area contributed by atoms with Gasteiger partial charge in [-0.25, -0.2) is 0 Å². The maximum atomic E-state index is 5.39. The number of rotatable bonds is 5. The molecule has 0 amide bonds. The van der Waals surface area contributed by atoms with Crippen molar-refractivity contribution in [2.75, 3.05) is 14.2 Å². The van der Waals surface area contributed by atoms with E-state index >= 15 is 0 Å². The molecule has 4 aromatic rings. The molecule has 0 atom stereocenters. The first-order chi connectivity index (χ1) is 13.2. The Hall–Kier alpha value is -3.61.